The van der Waals surface area contributed by atoms with Crippen LogP contribution in [0.4, 0.5) is 22.7 Å². The highest BCUT2D eigenvalue weighted by Crippen LogP contribution is 2.31. The van der Waals surface area contributed by atoms with Gasteiger partial charge in [-0.15, -0.1) is 0 Å². The Labute approximate surface area is 196 Å². The Morgan fingerprint density at radius 1 is 1.12 bits per heavy atom. The minimum absolute atomic E-state index is 0.0550. The number of benzene rings is 2. The molecule has 0 spiro atoms. The lowest BCUT2D eigenvalue weighted by Gasteiger charge is -2.35. The Bertz CT molecular complexity index is 1030. The molecule has 1 unspecified atom stereocenters. The van der Waals surface area contributed by atoms with Crippen molar-refractivity contribution < 1.29 is 4.79 Å². The molecule has 2 aliphatic rings. The molecule has 0 radical (unpaired) electrons. The molecule has 2 aliphatic heterocycles. The standard InChI is InChI=1S/C25H35N7O/c1-5-12-32-21-9-7-6-8-19(21)24(31-15-13-30(4)14-16-31)28-23(25(32)33)27-20-17-18(26)10-11-22(20)29(2)3/h6-11,17,23,27H,5,12-16,26H2,1-4H3. The lowest BCUT2D eigenvalue weighted by atomic mass is 10.1. The van der Waals surface area contributed by atoms with E-state index in [0.29, 0.717) is 12.2 Å². The molecule has 2 aromatic carbocycles. The summed E-state index contributed by atoms with van der Waals surface area (Å²) in [4.78, 5) is 27.4. The fourth-order valence-electron chi connectivity index (χ4n) is 4.44. The quantitative estimate of drug-likeness (QED) is 0.683. The zero-order valence-corrected chi connectivity index (χ0v) is 20.1. The number of nitrogens with zero attached hydrogens (tertiary/aromatic N) is 5. The molecule has 0 aromatic heterocycles. The van der Waals surface area contributed by atoms with Crippen LogP contribution in [0.2, 0.25) is 0 Å². The first kappa shape index (κ1) is 22.9. The average molecular weight is 450 g/mol. The molecule has 4 rings (SSSR count). The molecular formula is C25H35N7O. The summed E-state index contributed by atoms with van der Waals surface area (Å²) >= 11 is 0. The number of anilines is 4. The summed E-state index contributed by atoms with van der Waals surface area (Å²) in [6.45, 7) is 6.40. The molecule has 2 aromatic rings. The molecule has 1 atom stereocenters. The summed E-state index contributed by atoms with van der Waals surface area (Å²) in [5.74, 6) is 0.819. The topological polar surface area (TPSA) is 80.4 Å². The third kappa shape index (κ3) is 4.75. The number of nitrogen functional groups attached to an aromatic ring is 1. The number of fused-ring (bicyclic) bond motifs is 1. The second kappa shape index (κ2) is 9.70. The van der Waals surface area contributed by atoms with Gasteiger partial charge in [-0.1, -0.05) is 19.1 Å². The molecule has 1 fully saturated rings. The van der Waals surface area contributed by atoms with Gasteiger partial charge in [0.1, 0.15) is 5.84 Å². The SMILES string of the molecule is CCCN1C(=O)C(Nc2cc(N)ccc2N(C)C)N=C(N2CCN(C)CC2)c2ccccc21. The number of carbonyl (C=O) groups excluding carboxylic acids is 1. The van der Waals surface area contributed by atoms with E-state index in [0.717, 1.165) is 61.1 Å². The van der Waals surface area contributed by atoms with Crippen LogP contribution in [-0.2, 0) is 4.79 Å². The maximum Gasteiger partial charge on any atom is 0.272 e. The van der Waals surface area contributed by atoms with Crippen LogP contribution >= 0.6 is 0 Å². The molecule has 176 valence electrons. The summed E-state index contributed by atoms with van der Waals surface area (Å²) in [7, 11) is 6.09. The van der Waals surface area contributed by atoms with Crippen molar-refractivity contribution in [1.29, 1.82) is 0 Å². The highest BCUT2D eigenvalue weighted by molar-refractivity contribution is 6.12. The number of hydrogen-bond acceptors (Lipinski definition) is 7. The van der Waals surface area contributed by atoms with Crippen molar-refractivity contribution in [2.24, 2.45) is 4.99 Å². The number of aliphatic imine (C=N–C) groups is 1. The Balaban J connectivity index is 1.80. The van der Waals surface area contributed by atoms with Gasteiger partial charge in [-0.05, 0) is 43.8 Å². The maximum atomic E-state index is 13.8. The van der Waals surface area contributed by atoms with E-state index in [1.807, 2.05) is 60.3 Å². The number of rotatable bonds is 5. The van der Waals surface area contributed by atoms with Crippen LogP contribution in [0.15, 0.2) is 47.5 Å². The summed E-state index contributed by atoms with van der Waals surface area (Å²) in [6, 6.07) is 13.8. The van der Waals surface area contributed by atoms with Gasteiger partial charge in [0.25, 0.3) is 5.91 Å². The third-order valence-electron chi connectivity index (χ3n) is 6.23. The van der Waals surface area contributed by atoms with Crippen LogP contribution in [0.1, 0.15) is 18.9 Å². The first-order valence-corrected chi connectivity index (χ1v) is 11.6. The Kier molecular flexibility index (Phi) is 6.74. The lowest BCUT2D eigenvalue weighted by molar-refractivity contribution is -0.119. The highest BCUT2D eigenvalue weighted by Gasteiger charge is 2.34. The number of carbonyl (C=O) groups is 1. The number of benzodiazepines with no additional fused rings is 1. The van der Waals surface area contributed by atoms with E-state index in [2.05, 4.69) is 35.2 Å². The van der Waals surface area contributed by atoms with Gasteiger partial charge >= 0.3 is 0 Å². The molecule has 0 aliphatic carbocycles. The van der Waals surface area contributed by atoms with Crippen molar-refractivity contribution in [1.82, 2.24) is 9.80 Å². The number of likely N-dealkylation sites (N-methyl/N-ethyl adjacent to an activating group) is 1. The van der Waals surface area contributed by atoms with Crippen molar-refractivity contribution in [2.45, 2.75) is 19.5 Å². The van der Waals surface area contributed by atoms with E-state index >= 15 is 0 Å². The maximum absolute atomic E-state index is 13.8. The van der Waals surface area contributed by atoms with Gasteiger partial charge in [0, 0.05) is 58.1 Å². The second-order valence-electron chi connectivity index (χ2n) is 8.97. The summed E-state index contributed by atoms with van der Waals surface area (Å²) < 4.78 is 0. The van der Waals surface area contributed by atoms with E-state index in [-0.39, 0.29) is 5.91 Å². The number of amides is 1. The van der Waals surface area contributed by atoms with Crippen molar-refractivity contribution >= 4 is 34.5 Å². The number of nitrogens with one attached hydrogen (secondary N) is 1. The van der Waals surface area contributed by atoms with E-state index in [1.54, 1.807) is 0 Å². The zero-order chi connectivity index (χ0) is 23.5. The van der Waals surface area contributed by atoms with Crippen molar-refractivity contribution in [2.75, 3.05) is 74.7 Å². The van der Waals surface area contributed by atoms with Crippen LogP contribution in [0, 0.1) is 0 Å². The van der Waals surface area contributed by atoms with E-state index in [1.165, 1.54) is 0 Å². The van der Waals surface area contributed by atoms with E-state index in [4.69, 9.17) is 10.7 Å². The molecule has 8 heteroatoms. The second-order valence-corrected chi connectivity index (χ2v) is 8.97. The molecule has 1 amide bonds. The average Bonchev–Trinajstić information content (AvgIpc) is 2.90. The smallest absolute Gasteiger partial charge is 0.272 e. The molecule has 8 nitrogen and oxygen atoms in total. The Hall–Kier alpha value is -3.26. The molecule has 0 bridgehead atoms. The fourth-order valence-corrected chi connectivity index (χ4v) is 4.44. The van der Waals surface area contributed by atoms with Gasteiger partial charge in [-0.2, -0.15) is 0 Å². The van der Waals surface area contributed by atoms with Gasteiger partial charge in [0.15, 0.2) is 0 Å². The van der Waals surface area contributed by atoms with Gasteiger partial charge < -0.3 is 30.7 Å². The van der Waals surface area contributed by atoms with Crippen LogP contribution in [-0.4, -0.2) is 81.6 Å². The largest absolute Gasteiger partial charge is 0.399 e. The number of para-hydroxylation sites is 1. The van der Waals surface area contributed by atoms with Crippen LogP contribution in [0.5, 0.6) is 0 Å². The van der Waals surface area contributed by atoms with Gasteiger partial charge in [-0.25, -0.2) is 4.99 Å². The normalized spacial score (nSPS) is 19.1. The Morgan fingerprint density at radius 2 is 1.85 bits per heavy atom. The summed E-state index contributed by atoms with van der Waals surface area (Å²) in [5.41, 5.74) is 10.4. The molecule has 33 heavy (non-hydrogen) atoms. The van der Waals surface area contributed by atoms with Gasteiger partial charge in [0.2, 0.25) is 6.17 Å². The highest BCUT2D eigenvalue weighted by atomic mass is 16.2. The lowest BCUT2D eigenvalue weighted by Crippen LogP contribution is -2.48. The predicted octanol–water partition coefficient (Wildman–Crippen LogP) is 2.52. The number of amidine groups is 1. The minimum atomic E-state index is -0.751. The number of hydrogen-bond donors (Lipinski definition) is 2. The molecular weight excluding hydrogens is 414 g/mol. The minimum Gasteiger partial charge on any atom is -0.399 e. The molecule has 3 N–H and O–H groups in total. The van der Waals surface area contributed by atoms with Crippen molar-refractivity contribution in [3.8, 4) is 0 Å². The van der Waals surface area contributed by atoms with Crippen LogP contribution in [0.25, 0.3) is 0 Å². The number of piperazine rings is 1. The zero-order valence-electron chi connectivity index (χ0n) is 20.1. The summed E-state index contributed by atoms with van der Waals surface area (Å²) in [5, 5.41) is 3.43. The predicted molar refractivity (Wildman–Crippen MR) is 137 cm³/mol. The Morgan fingerprint density at radius 3 is 2.55 bits per heavy atom. The van der Waals surface area contributed by atoms with Crippen LogP contribution in [0.3, 0.4) is 0 Å². The van der Waals surface area contributed by atoms with Gasteiger partial charge in [0.05, 0.1) is 17.1 Å². The third-order valence-corrected chi connectivity index (χ3v) is 6.23. The monoisotopic (exact) mass is 449 g/mol. The first-order valence-electron chi connectivity index (χ1n) is 11.6. The summed E-state index contributed by atoms with van der Waals surface area (Å²) in [6.07, 6.45) is 0.108. The van der Waals surface area contributed by atoms with Crippen LogP contribution < -0.4 is 20.9 Å². The van der Waals surface area contributed by atoms with E-state index < -0.39 is 6.17 Å². The first-order chi connectivity index (χ1) is 15.9. The van der Waals surface area contributed by atoms with Gasteiger partial charge in [-0.3, -0.25) is 4.79 Å². The molecule has 2 heterocycles. The fraction of sp³-hybridized carbons (Fsp3) is 0.440. The number of nitrogens with two attached hydrogens (primary N) is 1. The van der Waals surface area contributed by atoms with Crippen molar-refractivity contribution in [3.63, 3.8) is 0 Å². The van der Waals surface area contributed by atoms with E-state index in [9.17, 15) is 4.79 Å². The molecule has 0 saturated carbocycles. The van der Waals surface area contributed by atoms with Crippen molar-refractivity contribution in [3.05, 3.63) is 48.0 Å². The molecule has 1 saturated heterocycles.